The Bertz CT molecular complexity index is 476. The first-order chi connectivity index (χ1) is 6.61. The summed E-state index contributed by atoms with van der Waals surface area (Å²) in [6.07, 6.45) is -2.46. The second-order valence-corrected chi connectivity index (χ2v) is 4.06. The number of halogens is 2. The molecule has 0 saturated carbocycles. The summed E-state index contributed by atoms with van der Waals surface area (Å²) in [4.78, 5) is 0. The number of alkyl halides is 2. The number of anilines is 1. The van der Waals surface area contributed by atoms with Gasteiger partial charge in [0.2, 0.25) is 0 Å². The maximum absolute atomic E-state index is 12.8. The van der Waals surface area contributed by atoms with E-state index in [0.717, 1.165) is 5.39 Å². The zero-order chi connectivity index (χ0) is 10.3. The molecule has 0 fully saturated rings. The lowest BCUT2D eigenvalue weighted by Crippen LogP contribution is -1.96. The lowest BCUT2D eigenvalue weighted by molar-refractivity contribution is 0.152. The Morgan fingerprint density at radius 3 is 2.79 bits per heavy atom. The molecule has 1 nitrogen and oxygen atoms in total. The minimum atomic E-state index is -2.46. The molecule has 0 atom stereocenters. The molecule has 1 aromatic carbocycles. The molecule has 1 heterocycles. The molecule has 0 bridgehead atoms. The third kappa shape index (κ3) is 1.26. The maximum atomic E-state index is 12.8. The smallest absolute Gasteiger partial charge is 0.265 e. The van der Waals surface area contributed by atoms with E-state index >= 15 is 0 Å². The molecular weight excluding hydrogens is 204 g/mol. The van der Waals surface area contributed by atoms with Crippen molar-refractivity contribution in [2.75, 3.05) is 5.73 Å². The van der Waals surface area contributed by atoms with Crippen molar-refractivity contribution in [2.24, 2.45) is 0 Å². The molecule has 0 radical (unpaired) electrons. The van der Waals surface area contributed by atoms with Gasteiger partial charge in [-0.1, -0.05) is 0 Å². The van der Waals surface area contributed by atoms with Crippen LogP contribution in [0.3, 0.4) is 0 Å². The first kappa shape index (κ1) is 9.40. The topological polar surface area (TPSA) is 26.0 Å². The van der Waals surface area contributed by atoms with E-state index in [1.54, 1.807) is 18.4 Å². The van der Waals surface area contributed by atoms with Gasteiger partial charge in [-0.15, -0.1) is 11.3 Å². The van der Waals surface area contributed by atoms with E-state index in [0.29, 0.717) is 16.0 Å². The first-order valence-corrected chi connectivity index (χ1v) is 5.03. The van der Waals surface area contributed by atoms with Crippen molar-refractivity contribution >= 4 is 27.1 Å². The van der Waals surface area contributed by atoms with Gasteiger partial charge >= 0.3 is 0 Å². The zero-order valence-electron chi connectivity index (χ0n) is 7.55. The predicted octanol–water partition coefficient (Wildman–Crippen LogP) is 3.73. The molecule has 0 aliphatic carbocycles. The van der Waals surface area contributed by atoms with Crippen LogP contribution in [0, 0.1) is 6.92 Å². The third-order valence-electron chi connectivity index (χ3n) is 2.31. The van der Waals surface area contributed by atoms with Gasteiger partial charge in [0, 0.05) is 16.0 Å². The van der Waals surface area contributed by atoms with E-state index < -0.39 is 6.43 Å². The zero-order valence-corrected chi connectivity index (χ0v) is 8.37. The van der Waals surface area contributed by atoms with Gasteiger partial charge in [-0.2, -0.15) is 0 Å². The number of fused-ring (bicyclic) bond motifs is 1. The quantitative estimate of drug-likeness (QED) is 0.717. The highest BCUT2D eigenvalue weighted by molar-refractivity contribution is 7.17. The molecule has 14 heavy (non-hydrogen) atoms. The Kier molecular flexibility index (Phi) is 2.15. The standard InChI is InChI=1S/C10H9F2NS/c1-5-7(13)4-6-2-3-14-9(6)8(5)10(11)12/h2-4,10H,13H2,1H3. The number of benzene rings is 1. The second-order valence-electron chi connectivity index (χ2n) is 3.14. The number of nitrogen functional groups attached to an aromatic ring is 1. The number of thiophene rings is 1. The van der Waals surface area contributed by atoms with E-state index in [9.17, 15) is 8.78 Å². The second kappa shape index (κ2) is 3.20. The minimum Gasteiger partial charge on any atom is -0.398 e. The van der Waals surface area contributed by atoms with Crippen LogP contribution in [0.4, 0.5) is 14.5 Å². The van der Waals surface area contributed by atoms with Crippen molar-refractivity contribution in [3.05, 3.63) is 28.6 Å². The van der Waals surface area contributed by atoms with Crippen molar-refractivity contribution in [3.63, 3.8) is 0 Å². The van der Waals surface area contributed by atoms with E-state index in [1.807, 2.05) is 6.07 Å². The highest BCUT2D eigenvalue weighted by Gasteiger charge is 2.17. The highest BCUT2D eigenvalue weighted by Crippen LogP contribution is 2.36. The summed E-state index contributed by atoms with van der Waals surface area (Å²) in [6, 6.07) is 3.55. The molecule has 0 spiro atoms. The molecule has 2 rings (SSSR count). The van der Waals surface area contributed by atoms with Gasteiger partial charge in [-0.05, 0) is 35.4 Å². The maximum Gasteiger partial charge on any atom is 0.265 e. The van der Waals surface area contributed by atoms with Crippen LogP contribution in [0.15, 0.2) is 17.5 Å². The van der Waals surface area contributed by atoms with E-state index in [4.69, 9.17) is 5.73 Å². The van der Waals surface area contributed by atoms with Crippen LogP contribution in [-0.2, 0) is 0 Å². The van der Waals surface area contributed by atoms with Crippen LogP contribution in [0.1, 0.15) is 17.6 Å². The number of nitrogens with two attached hydrogens (primary N) is 1. The predicted molar refractivity (Wildman–Crippen MR) is 55.9 cm³/mol. The summed E-state index contributed by atoms with van der Waals surface area (Å²) in [5, 5.41) is 2.60. The van der Waals surface area contributed by atoms with E-state index in [2.05, 4.69) is 0 Å². The summed E-state index contributed by atoms with van der Waals surface area (Å²) in [7, 11) is 0. The van der Waals surface area contributed by atoms with Gasteiger partial charge in [-0.25, -0.2) is 8.78 Å². The average Bonchev–Trinajstić information content (AvgIpc) is 2.52. The summed E-state index contributed by atoms with van der Waals surface area (Å²) in [6.45, 7) is 1.63. The highest BCUT2D eigenvalue weighted by atomic mass is 32.1. The Morgan fingerprint density at radius 1 is 1.43 bits per heavy atom. The molecule has 0 unspecified atom stereocenters. The van der Waals surface area contributed by atoms with Crippen LogP contribution < -0.4 is 5.73 Å². The molecule has 0 aliphatic heterocycles. The SMILES string of the molecule is Cc1c(N)cc2ccsc2c1C(F)F. The summed E-state index contributed by atoms with van der Waals surface area (Å²) >= 11 is 1.33. The largest absolute Gasteiger partial charge is 0.398 e. The first-order valence-electron chi connectivity index (χ1n) is 4.15. The third-order valence-corrected chi connectivity index (χ3v) is 3.27. The molecule has 2 N–H and O–H groups in total. The monoisotopic (exact) mass is 213 g/mol. The van der Waals surface area contributed by atoms with E-state index in [1.165, 1.54) is 11.3 Å². The molecule has 0 aliphatic rings. The average molecular weight is 213 g/mol. The normalized spacial score (nSPS) is 11.4. The summed E-state index contributed by atoms with van der Waals surface area (Å²) in [5.74, 6) is 0. The fraction of sp³-hybridized carbons (Fsp3) is 0.200. The Hall–Kier alpha value is -1.16. The van der Waals surface area contributed by atoms with Gasteiger partial charge in [0.1, 0.15) is 0 Å². The van der Waals surface area contributed by atoms with Gasteiger partial charge < -0.3 is 5.73 Å². The molecule has 74 valence electrons. The van der Waals surface area contributed by atoms with Crippen LogP contribution in [-0.4, -0.2) is 0 Å². The number of rotatable bonds is 1. The lowest BCUT2D eigenvalue weighted by Gasteiger charge is -2.08. The van der Waals surface area contributed by atoms with Gasteiger partial charge in [0.05, 0.1) is 0 Å². The van der Waals surface area contributed by atoms with Crippen molar-refractivity contribution in [1.82, 2.24) is 0 Å². The lowest BCUT2D eigenvalue weighted by atomic mass is 10.0. The Labute approximate surface area is 84.2 Å². The molecule has 4 heteroatoms. The fourth-order valence-corrected chi connectivity index (χ4v) is 2.50. The molecule has 2 aromatic rings. The molecule has 1 aromatic heterocycles. The fourth-order valence-electron chi connectivity index (χ4n) is 1.52. The van der Waals surface area contributed by atoms with Crippen LogP contribution in [0.25, 0.3) is 10.1 Å². The molecule has 0 amide bonds. The van der Waals surface area contributed by atoms with Crippen molar-refractivity contribution in [1.29, 1.82) is 0 Å². The number of hydrogen-bond acceptors (Lipinski definition) is 2. The van der Waals surface area contributed by atoms with E-state index in [-0.39, 0.29) is 5.56 Å². The summed E-state index contributed by atoms with van der Waals surface area (Å²) < 4.78 is 26.2. The van der Waals surface area contributed by atoms with Crippen molar-refractivity contribution in [2.45, 2.75) is 13.3 Å². The summed E-state index contributed by atoms with van der Waals surface area (Å²) in [5.41, 5.74) is 6.67. The van der Waals surface area contributed by atoms with Gasteiger partial charge in [0.15, 0.2) is 0 Å². The number of hydrogen-bond donors (Lipinski definition) is 1. The van der Waals surface area contributed by atoms with Gasteiger partial charge in [0.25, 0.3) is 6.43 Å². The van der Waals surface area contributed by atoms with Crippen LogP contribution in [0.2, 0.25) is 0 Å². The molecular formula is C10H9F2NS. The van der Waals surface area contributed by atoms with Crippen LogP contribution >= 0.6 is 11.3 Å². The van der Waals surface area contributed by atoms with Crippen molar-refractivity contribution in [3.8, 4) is 0 Å². The Balaban J connectivity index is 2.86. The van der Waals surface area contributed by atoms with Crippen molar-refractivity contribution < 1.29 is 8.78 Å². The van der Waals surface area contributed by atoms with Gasteiger partial charge in [-0.3, -0.25) is 0 Å². The molecule has 0 saturated heterocycles. The minimum absolute atomic E-state index is 0.0787. The van der Waals surface area contributed by atoms with Crippen LogP contribution in [0.5, 0.6) is 0 Å². The Morgan fingerprint density at radius 2 is 2.14 bits per heavy atom.